The molecule has 2 atom stereocenters. The Kier molecular flexibility index (Phi) is 24.0. The van der Waals surface area contributed by atoms with Crippen LogP contribution in [0.2, 0.25) is 0 Å². The second-order valence-electron chi connectivity index (χ2n) is 32.8. The SMILES string of the molecule is CC(C)(C)C1CCN(C(C)(C)C)C1.CC(C)(C)C1CCN(C(C)(C)C)C1.CC(C)(C)C1CCN(C(C)(C)C)CC1.CC(C)(C)C1CCN(C(C)(C)C)CC1.CC(C)(C)N1CCN(C(C)(C)C)CC1. The fraction of sp³-hybridized carbons (Fsp3) is 1.00. The van der Waals surface area contributed by atoms with Gasteiger partial charge in [0.1, 0.15) is 0 Å². The van der Waals surface area contributed by atoms with Crippen LogP contribution in [-0.4, -0.2) is 141 Å². The molecule has 0 radical (unpaired) electrons. The van der Waals surface area contributed by atoms with Crippen molar-refractivity contribution in [1.82, 2.24) is 29.4 Å². The Labute approximate surface area is 431 Å². The van der Waals surface area contributed by atoms with Crippen LogP contribution in [-0.2, 0) is 0 Å². The number of nitrogens with zero attached hydrogens (tertiary/aromatic N) is 6. The first-order valence-electron chi connectivity index (χ1n) is 28.6. The molecule has 5 saturated heterocycles. The first kappa shape index (κ1) is 65.8. The van der Waals surface area contributed by atoms with Gasteiger partial charge in [0.05, 0.1) is 0 Å². The minimum atomic E-state index is 0.337. The lowest BCUT2D eigenvalue weighted by atomic mass is 9.75. The van der Waals surface area contributed by atoms with Crippen molar-refractivity contribution in [2.24, 2.45) is 45.3 Å². The molecule has 0 aliphatic carbocycles. The Balaban J connectivity index is 0.000000425. The lowest BCUT2D eigenvalue weighted by Gasteiger charge is -2.46. The Morgan fingerprint density at radius 2 is 0.338 bits per heavy atom. The van der Waals surface area contributed by atoms with Crippen LogP contribution in [0.1, 0.15) is 246 Å². The summed E-state index contributed by atoms with van der Waals surface area (Å²) >= 11 is 0. The summed E-state index contributed by atoms with van der Waals surface area (Å²) in [5.74, 6) is 3.60. The molecule has 0 aromatic heterocycles. The van der Waals surface area contributed by atoms with E-state index in [-0.39, 0.29) is 0 Å². The van der Waals surface area contributed by atoms with Crippen LogP contribution in [0.3, 0.4) is 0 Å². The highest BCUT2D eigenvalue weighted by molar-refractivity contribution is 4.92. The van der Waals surface area contributed by atoms with E-state index in [0.717, 1.165) is 23.7 Å². The molecule has 0 amide bonds. The fourth-order valence-corrected chi connectivity index (χ4v) is 11.0. The van der Waals surface area contributed by atoms with Gasteiger partial charge in [0.15, 0.2) is 0 Å². The predicted molar refractivity (Wildman–Crippen MR) is 307 cm³/mol. The molecule has 0 N–H and O–H groups in total. The van der Waals surface area contributed by atoms with Crippen LogP contribution in [0.15, 0.2) is 0 Å². The van der Waals surface area contributed by atoms with E-state index in [1.54, 1.807) is 0 Å². The van der Waals surface area contributed by atoms with E-state index in [2.05, 4.69) is 237 Å². The van der Waals surface area contributed by atoms with Gasteiger partial charge in [0.25, 0.3) is 0 Å². The Morgan fingerprint density at radius 3 is 0.471 bits per heavy atom. The van der Waals surface area contributed by atoms with Crippen LogP contribution in [0.5, 0.6) is 0 Å². The number of piperidine rings is 2. The molecule has 6 nitrogen and oxygen atoms in total. The normalized spacial score (nSPS) is 24.3. The van der Waals surface area contributed by atoms with E-state index in [1.165, 1.54) is 117 Å². The van der Waals surface area contributed by atoms with E-state index < -0.39 is 0 Å². The molecular weight excluding hydrogens is 829 g/mol. The maximum Gasteiger partial charge on any atom is 0.0126 e. The zero-order valence-corrected chi connectivity index (χ0v) is 52.7. The van der Waals surface area contributed by atoms with Gasteiger partial charge in [-0.25, -0.2) is 0 Å². The smallest absolute Gasteiger partial charge is 0.0126 e. The number of hydrogen-bond acceptors (Lipinski definition) is 6. The molecule has 0 spiro atoms. The summed E-state index contributed by atoms with van der Waals surface area (Å²) in [5.41, 5.74) is 4.10. The maximum atomic E-state index is 2.62. The molecule has 5 rings (SSSR count). The molecule has 0 aromatic rings. The summed E-state index contributed by atoms with van der Waals surface area (Å²) in [4.78, 5) is 15.6. The van der Waals surface area contributed by atoms with Crippen LogP contribution in [0.4, 0.5) is 0 Å². The molecule has 408 valence electrons. The monoisotopic (exact) mass is 959 g/mol. The molecule has 2 unspecified atom stereocenters. The van der Waals surface area contributed by atoms with Gasteiger partial charge in [-0.2, -0.15) is 0 Å². The van der Waals surface area contributed by atoms with Crippen LogP contribution < -0.4 is 0 Å². The average molecular weight is 960 g/mol. The van der Waals surface area contributed by atoms with Gasteiger partial charge < -0.3 is 0 Å². The number of hydrogen-bond donors (Lipinski definition) is 0. The van der Waals surface area contributed by atoms with Crippen molar-refractivity contribution in [3.8, 4) is 0 Å². The Bertz CT molecular complexity index is 1120. The van der Waals surface area contributed by atoms with Gasteiger partial charge in [-0.05, 0) is 248 Å². The summed E-state index contributed by atoms with van der Waals surface area (Å²) < 4.78 is 0. The minimum Gasteiger partial charge on any atom is -0.298 e. The molecule has 0 bridgehead atoms. The van der Waals surface area contributed by atoms with Crippen molar-refractivity contribution in [1.29, 1.82) is 0 Å². The summed E-state index contributed by atoms with van der Waals surface area (Å²) in [6, 6.07) is 0. The third kappa shape index (κ3) is 23.7. The van der Waals surface area contributed by atoms with Crippen molar-refractivity contribution in [3.05, 3.63) is 0 Å². The van der Waals surface area contributed by atoms with Crippen molar-refractivity contribution >= 4 is 0 Å². The highest BCUT2D eigenvalue weighted by atomic mass is 15.3. The maximum absolute atomic E-state index is 2.62. The van der Waals surface area contributed by atoms with Gasteiger partial charge >= 0.3 is 0 Å². The average Bonchev–Trinajstić information content (AvgIpc) is 3.87. The number of rotatable bonds is 0. The Morgan fingerprint density at radius 1 is 0.191 bits per heavy atom. The second-order valence-corrected chi connectivity index (χ2v) is 32.8. The van der Waals surface area contributed by atoms with Gasteiger partial charge in [-0.15, -0.1) is 0 Å². The van der Waals surface area contributed by atoms with E-state index in [4.69, 9.17) is 0 Å². The molecule has 5 aliphatic rings. The van der Waals surface area contributed by atoms with Crippen molar-refractivity contribution in [2.45, 2.75) is 279 Å². The third-order valence-corrected chi connectivity index (χ3v) is 17.2. The summed E-state index contributed by atoms with van der Waals surface area (Å²) in [6.45, 7) is 85.3. The standard InChI is InChI=1S/2C13H27N.C12H26N2.2C12H25N/c2*1-12(2,3)11-7-9-14(10-8-11)13(4,5)6;1-11(2,3)13-7-9-14(10-8-13)12(4,5)6;2*1-11(2,3)10-7-8-13(9-10)12(4,5)6/h2*11H,7-10H2,1-6H3;7-10H2,1-6H3;2*10H,7-9H2,1-6H3. The highest BCUT2D eigenvalue weighted by Gasteiger charge is 2.38. The van der Waals surface area contributed by atoms with E-state index in [1.807, 2.05) is 0 Å². The zero-order valence-electron chi connectivity index (χ0n) is 52.7. The fourth-order valence-electron chi connectivity index (χ4n) is 11.0. The predicted octanol–water partition coefficient (Wildman–Crippen LogP) is 15.6. The van der Waals surface area contributed by atoms with E-state index >= 15 is 0 Å². The molecule has 0 saturated carbocycles. The lowest BCUT2D eigenvalue weighted by molar-refractivity contribution is 0.0211. The Hall–Kier alpha value is -0.240. The largest absolute Gasteiger partial charge is 0.298 e. The molecule has 5 fully saturated rings. The highest BCUT2D eigenvalue weighted by Crippen LogP contribution is 2.39. The first-order valence-corrected chi connectivity index (χ1v) is 28.6. The molecule has 0 aromatic carbocycles. The lowest BCUT2D eigenvalue weighted by Crippen LogP contribution is -2.57. The number of piperazine rings is 1. The first-order chi connectivity index (χ1) is 30.1. The molecular formula is C62H130N6. The zero-order chi connectivity index (χ0) is 53.5. The third-order valence-electron chi connectivity index (χ3n) is 17.2. The molecule has 5 heterocycles. The van der Waals surface area contributed by atoms with Crippen molar-refractivity contribution in [3.63, 3.8) is 0 Å². The molecule has 5 aliphatic heterocycles. The van der Waals surface area contributed by atoms with E-state index in [9.17, 15) is 0 Å². The van der Waals surface area contributed by atoms with Crippen LogP contribution >= 0.6 is 0 Å². The van der Waals surface area contributed by atoms with Gasteiger partial charge in [0, 0.05) is 72.5 Å². The second kappa shape index (κ2) is 24.9. The molecule has 68 heavy (non-hydrogen) atoms. The quantitative estimate of drug-likeness (QED) is 0.239. The molecule has 6 heteroatoms. The van der Waals surface area contributed by atoms with Crippen molar-refractivity contribution in [2.75, 3.05) is 78.5 Å². The summed E-state index contributed by atoms with van der Waals surface area (Å²) in [6.07, 6.45) is 8.25. The van der Waals surface area contributed by atoms with E-state index in [0.29, 0.717) is 54.9 Å². The summed E-state index contributed by atoms with van der Waals surface area (Å²) in [5, 5.41) is 0. The van der Waals surface area contributed by atoms with Gasteiger partial charge in [-0.1, -0.05) is 83.1 Å². The van der Waals surface area contributed by atoms with Crippen molar-refractivity contribution < 1.29 is 0 Å². The van der Waals surface area contributed by atoms with Crippen LogP contribution in [0, 0.1) is 45.3 Å². The van der Waals surface area contributed by atoms with Gasteiger partial charge in [-0.3, -0.25) is 29.4 Å². The van der Waals surface area contributed by atoms with Gasteiger partial charge in [0.2, 0.25) is 0 Å². The topological polar surface area (TPSA) is 19.4 Å². The summed E-state index contributed by atoms with van der Waals surface area (Å²) in [7, 11) is 0. The van der Waals surface area contributed by atoms with Crippen LogP contribution in [0.25, 0.3) is 0 Å². The number of likely N-dealkylation sites (tertiary alicyclic amines) is 4. The minimum absolute atomic E-state index is 0.337.